The van der Waals surface area contributed by atoms with Gasteiger partial charge in [0.2, 0.25) is 0 Å². The van der Waals surface area contributed by atoms with Crippen LogP contribution in [-0.4, -0.2) is 14.6 Å². The minimum Gasteiger partial charge on any atom is -0.398 e. The fourth-order valence-corrected chi connectivity index (χ4v) is 1.73. The summed E-state index contributed by atoms with van der Waals surface area (Å²) in [5.41, 5.74) is 8.55. The van der Waals surface area contributed by atoms with Gasteiger partial charge in [-0.15, -0.1) is 10.2 Å². The molecule has 0 bridgehead atoms. The van der Waals surface area contributed by atoms with E-state index in [0.29, 0.717) is 0 Å². The molecule has 0 aliphatic carbocycles. The van der Waals surface area contributed by atoms with Crippen LogP contribution in [0, 0.1) is 6.92 Å². The second-order valence-corrected chi connectivity index (χ2v) is 3.87. The van der Waals surface area contributed by atoms with Crippen molar-refractivity contribution < 1.29 is 0 Å². The van der Waals surface area contributed by atoms with Gasteiger partial charge in [-0.3, -0.25) is 4.40 Å². The summed E-state index contributed by atoms with van der Waals surface area (Å²) in [4.78, 5) is 0. The molecule has 0 atom stereocenters. The van der Waals surface area contributed by atoms with Crippen molar-refractivity contribution >= 4 is 11.3 Å². The number of aromatic nitrogens is 3. The van der Waals surface area contributed by atoms with Crippen molar-refractivity contribution in [3.05, 3.63) is 23.7 Å². The van der Waals surface area contributed by atoms with E-state index >= 15 is 0 Å². The minimum absolute atomic E-state index is 0.762. The largest absolute Gasteiger partial charge is 0.398 e. The van der Waals surface area contributed by atoms with Crippen LogP contribution in [0.15, 0.2) is 12.3 Å². The number of hydrogen-bond acceptors (Lipinski definition) is 3. The standard InChI is InChI=1S/C11H16N4/c1-3-4-5-10-13-14-11-8(2)6-9(12)7-15(10)11/h6-7H,3-5,12H2,1-2H3. The second kappa shape index (κ2) is 3.88. The van der Waals surface area contributed by atoms with Crippen LogP contribution in [0.1, 0.15) is 31.2 Å². The van der Waals surface area contributed by atoms with Crippen molar-refractivity contribution in [1.82, 2.24) is 14.6 Å². The molecular formula is C11H16N4. The molecule has 4 nitrogen and oxygen atoms in total. The van der Waals surface area contributed by atoms with Gasteiger partial charge in [-0.25, -0.2) is 0 Å². The van der Waals surface area contributed by atoms with Crippen LogP contribution >= 0.6 is 0 Å². The Bertz CT molecular complexity index is 473. The average molecular weight is 204 g/mol. The number of rotatable bonds is 3. The molecule has 0 radical (unpaired) electrons. The van der Waals surface area contributed by atoms with Gasteiger partial charge in [0.15, 0.2) is 5.65 Å². The molecule has 4 heteroatoms. The topological polar surface area (TPSA) is 56.2 Å². The number of pyridine rings is 1. The summed E-state index contributed by atoms with van der Waals surface area (Å²) in [7, 11) is 0. The Morgan fingerprint density at radius 1 is 1.40 bits per heavy atom. The number of nitrogens with zero attached hydrogens (tertiary/aromatic N) is 3. The molecule has 80 valence electrons. The molecule has 0 aliphatic heterocycles. The Morgan fingerprint density at radius 3 is 2.93 bits per heavy atom. The number of unbranched alkanes of at least 4 members (excludes halogenated alkanes) is 1. The first-order valence-electron chi connectivity index (χ1n) is 5.32. The number of hydrogen-bond donors (Lipinski definition) is 1. The molecule has 0 saturated heterocycles. The normalized spacial score (nSPS) is 11.1. The average Bonchev–Trinajstić information content (AvgIpc) is 2.58. The lowest BCUT2D eigenvalue weighted by molar-refractivity contribution is 0.743. The first kappa shape index (κ1) is 9.96. The third-order valence-corrected chi connectivity index (χ3v) is 2.53. The zero-order valence-electron chi connectivity index (χ0n) is 9.20. The van der Waals surface area contributed by atoms with E-state index in [-0.39, 0.29) is 0 Å². The lowest BCUT2D eigenvalue weighted by atomic mass is 10.2. The van der Waals surface area contributed by atoms with Gasteiger partial charge in [-0.2, -0.15) is 0 Å². The van der Waals surface area contributed by atoms with Gasteiger partial charge in [0.05, 0.1) is 0 Å². The summed E-state index contributed by atoms with van der Waals surface area (Å²) >= 11 is 0. The van der Waals surface area contributed by atoms with E-state index in [1.807, 2.05) is 23.6 Å². The lowest BCUT2D eigenvalue weighted by Gasteiger charge is -2.02. The maximum Gasteiger partial charge on any atom is 0.163 e. The Kier molecular flexibility index (Phi) is 2.58. The molecule has 0 spiro atoms. The van der Waals surface area contributed by atoms with Gasteiger partial charge in [0, 0.05) is 18.3 Å². The molecular weight excluding hydrogens is 188 g/mol. The van der Waals surface area contributed by atoms with Crippen LogP contribution in [0.5, 0.6) is 0 Å². The Balaban J connectivity index is 2.49. The van der Waals surface area contributed by atoms with Crippen molar-refractivity contribution in [3.63, 3.8) is 0 Å². The van der Waals surface area contributed by atoms with E-state index in [2.05, 4.69) is 17.1 Å². The highest BCUT2D eigenvalue weighted by Gasteiger charge is 2.07. The molecule has 2 aromatic heterocycles. The Hall–Kier alpha value is -1.58. The molecule has 0 aliphatic rings. The zero-order valence-corrected chi connectivity index (χ0v) is 9.20. The summed E-state index contributed by atoms with van der Waals surface area (Å²) < 4.78 is 2.00. The second-order valence-electron chi connectivity index (χ2n) is 3.87. The monoisotopic (exact) mass is 204 g/mol. The van der Waals surface area contributed by atoms with Crippen molar-refractivity contribution in [2.24, 2.45) is 0 Å². The summed E-state index contributed by atoms with van der Waals surface area (Å²) in [5.74, 6) is 1.00. The molecule has 0 saturated carbocycles. The van der Waals surface area contributed by atoms with Gasteiger partial charge in [-0.05, 0) is 25.0 Å². The van der Waals surface area contributed by atoms with Gasteiger partial charge in [-0.1, -0.05) is 13.3 Å². The third-order valence-electron chi connectivity index (χ3n) is 2.53. The first-order valence-corrected chi connectivity index (χ1v) is 5.32. The van der Waals surface area contributed by atoms with Crippen molar-refractivity contribution in [3.8, 4) is 0 Å². The van der Waals surface area contributed by atoms with Gasteiger partial charge in [0.25, 0.3) is 0 Å². The highest BCUT2D eigenvalue weighted by atomic mass is 15.2. The number of nitrogens with two attached hydrogens (primary N) is 1. The van der Waals surface area contributed by atoms with Crippen molar-refractivity contribution in [2.45, 2.75) is 33.1 Å². The van der Waals surface area contributed by atoms with Crippen LogP contribution in [0.4, 0.5) is 5.69 Å². The highest BCUT2D eigenvalue weighted by Crippen LogP contribution is 2.14. The van der Waals surface area contributed by atoms with E-state index < -0.39 is 0 Å². The summed E-state index contributed by atoms with van der Waals surface area (Å²) in [6, 6.07) is 1.92. The zero-order chi connectivity index (χ0) is 10.8. The number of nitrogen functional groups attached to an aromatic ring is 1. The fraction of sp³-hybridized carbons (Fsp3) is 0.455. The maximum atomic E-state index is 5.81. The van der Waals surface area contributed by atoms with E-state index in [9.17, 15) is 0 Å². The van der Waals surface area contributed by atoms with Crippen LogP contribution in [0.3, 0.4) is 0 Å². The predicted octanol–water partition coefficient (Wildman–Crippen LogP) is 1.96. The molecule has 0 aromatic carbocycles. The molecule has 0 unspecified atom stereocenters. The van der Waals surface area contributed by atoms with E-state index in [1.165, 1.54) is 0 Å². The molecule has 0 amide bonds. The van der Waals surface area contributed by atoms with Gasteiger partial charge in [0.1, 0.15) is 5.82 Å². The number of fused-ring (bicyclic) bond motifs is 1. The van der Waals surface area contributed by atoms with Crippen molar-refractivity contribution in [1.29, 1.82) is 0 Å². The molecule has 2 aromatic rings. The summed E-state index contributed by atoms with van der Waals surface area (Å²) in [6.45, 7) is 4.17. The quantitative estimate of drug-likeness (QED) is 0.831. The van der Waals surface area contributed by atoms with E-state index in [1.54, 1.807) is 0 Å². The van der Waals surface area contributed by atoms with Gasteiger partial charge >= 0.3 is 0 Å². The number of aryl methyl sites for hydroxylation is 2. The highest BCUT2D eigenvalue weighted by molar-refractivity contribution is 5.54. The third kappa shape index (κ3) is 1.79. The molecule has 2 N–H and O–H groups in total. The van der Waals surface area contributed by atoms with E-state index in [0.717, 1.165) is 42.0 Å². The first-order chi connectivity index (χ1) is 7.22. The van der Waals surface area contributed by atoms with Gasteiger partial charge < -0.3 is 5.73 Å². The summed E-state index contributed by atoms with van der Waals surface area (Å²) in [5, 5.41) is 8.36. The molecule has 15 heavy (non-hydrogen) atoms. The van der Waals surface area contributed by atoms with Crippen LogP contribution < -0.4 is 5.73 Å². The minimum atomic E-state index is 0.762. The molecule has 0 fully saturated rings. The Morgan fingerprint density at radius 2 is 2.20 bits per heavy atom. The lowest BCUT2D eigenvalue weighted by Crippen LogP contribution is -1.98. The number of anilines is 1. The van der Waals surface area contributed by atoms with Crippen LogP contribution in [-0.2, 0) is 6.42 Å². The van der Waals surface area contributed by atoms with Crippen molar-refractivity contribution in [2.75, 3.05) is 5.73 Å². The summed E-state index contributed by atoms with van der Waals surface area (Å²) in [6.07, 6.45) is 5.15. The smallest absolute Gasteiger partial charge is 0.163 e. The molecule has 2 rings (SSSR count). The predicted molar refractivity (Wildman–Crippen MR) is 60.7 cm³/mol. The fourth-order valence-electron chi connectivity index (χ4n) is 1.73. The van der Waals surface area contributed by atoms with E-state index in [4.69, 9.17) is 5.73 Å². The maximum absolute atomic E-state index is 5.81. The SMILES string of the molecule is CCCCc1nnc2c(C)cc(N)cn12. The Labute approximate surface area is 89.1 Å². The molecule has 2 heterocycles. The van der Waals surface area contributed by atoms with Crippen LogP contribution in [0.2, 0.25) is 0 Å². The van der Waals surface area contributed by atoms with Crippen LogP contribution in [0.25, 0.3) is 5.65 Å².